The number of amides is 2. The van der Waals surface area contributed by atoms with Crippen LogP contribution in [0, 0.1) is 5.92 Å². The molecule has 3 heterocycles. The number of carbonyl (C=O) groups is 2. The molecule has 2 aromatic rings. The lowest BCUT2D eigenvalue weighted by Gasteiger charge is -2.33. The number of nitrogens with two attached hydrogens (primary N) is 1. The van der Waals surface area contributed by atoms with Gasteiger partial charge in [-0.2, -0.15) is 0 Å². The van der Waals surface area contributed by atoms with Gasteiger partial charge in [0, 0.05) is 19.2 Å². The fourth-order valence-electron chi connectivity index (χ4n) is 3.85. The van der Waals surface area contributed by atoms with Gasteiger partial charge >= 0.3 is 0 Å². The van der Waals surface area contributed by atoms with E-state index in [0.717, 1.165) is 31.3 Å². The highest BCUT2D eigenvalue weighted by Crippen LogP contribution is 2.32. The van der Waals surface area contributed by atoms with Crippen LogP contribution in [0.15, 0.2) is 29.1 Å². The zero-order chi connectivity index (χ0) is 19.3. The number of carbonyl (C=O) groups excluding carboxylic acids is 2. The van der Waals surface area contributed by atoms with Crippen LogP contribution in [-0.2, 0) is 0 Å². The normalized spacial score (nSPS) is 19.2. The van der Waals surface area contributed by atoms with E-state index in [1.165, 1.54) is 11.0 Å². The molecule has 3 N–H and O–H groups in total. The zero-order valence-electron chi connectivity index (χ0n) is 14.8. The summed E-state index contributed by atoms with van der Waals surface area (Å²) in [6.07, 6.45) is 2.31. The number of halogens is 1. The smallest absolute Gasteiger partial charge is 0.262 e. The number of fused-ring (bicyclic) bond motifs is 1. The molecule has 2 amide bonds. The number of aromatic nitrogens is 1. The number of pyridine rings is 1. The lowest BCUT2D eigenvalue weighted by Crippen LogP contribution is -2.34. The summed E-state index contributed by atoms with van der Waals surface area (Å²) in [7, 11) is 0. The van der Waals surface area contributed by atoms with Crippen LogP contribution in [0.25, 0.3) is 5.69 Å². The predicted octanol–water partition coefficient (Wildman–Crippen LogP) is 2.19. The molecule has 7 nitrogen and oxygen atoms in total. The van der Waals surface area contributed by atoms with E-state index in [0.29, 0.717) is 16.6 Å². The van der Waals surface area contributed by atoms with Gasteiger partial charge in [0.25, 0.3) is 17.4 Å². The average Bonchev–Trinajstić information content (AvgIpc) is 2.89. The predicted molar refractivity (Wildman–Crippen MR) is 104 cm³/mol. The van der Waals surface area contributed by atoms with Gasteiger partial charge in [0.2, 0.25) is 0 Å². The van der Waals surface area contributed by atoms with Crippen molar-refractivity contribution in [3.8, 4) is 5.69 Å². The molecule has 1 saturated heterocycles. The van der Waals surface area contributed by atoms with Crippen molar-refractivity contribution >= 4 is 34.9 Å². The first-order valence-electron chi connectivity index (χ1n) is 8.83. The quantitative estimate of drug-likeness (QED) is 0.771. The van der Waals surface area contributed by atoms with Crippen molar-refractivity contribution in [3.05, 3.63) is 50.8 Å². The van der Waals surface area contributed by atoms with E-state index in [2.05, 4.69) is 17.1 Å². The fraction of sp³-hybridized carbons (Fsp3) is 0.316. The van der Waals surface area contributed by atoms with Crippen molar-refractivity contribution in [2.45, 2.75) is 19.8 Å². The number of nitrogens with zero attached hydrogens (tertiary/aromatic N) is 2. The Bertz CT molecular complexity index is 1030. The third kappa shape index (κ3) is 2.88. The molecule has 1 atom stereocenters. The number of hydrogen-bond donors (Lipinski definition) is 2. The van der Waals surface area contributed by atoms with Crippen LogP contribution in [0.1, 0.15) is 40.5 Å². The Hall–Kier alpha value is -2.80. The van der Waals surface area contributed by atoms with Crippen LogP contribution >= 0.6 is 11.6 Å². The summed E-state index contributed by atoms with van der Waals surface area (Å²) in [5, 5.41) is 2.66. The van der Waals surface area contributed by atoms with Crippen molar-refractivity contribution in [2.24, 2.45) is 5.92 Å². The summed E-state index contributed by atoms with van der Waals surface area (Å²) in [6, 6.07) is 6.40. The Morgan fingerprint density at radius 1 is 1.19 bits per heavy atom. The van der Waals surface area contributed by atoms with Gasteiger partial charge in [0.05, 0.1) is 27.5 Å². The molecular formula is C19H19ClN4O3. The van der Waals surface area contributed by atoms with Crippen LogP contribution in [0.2, 0.25) is 5.02 Å². The summed E-state index contributed by atoms with van der Waals surface area (Å²) in [4.78, 5) is 38.5. The molecule has 8 heteroatoms. The fourth-order valence-corrected chi connectivity index (χ4v) is 4.14. The van der Waals surface area contributed by atoms with Crippen molar-refractivity contribution in [1.29, 1.82) is 0 Å². The molecule has 0 bridgehead atoms. The first-order chi connectivity index (χ1) is 12.9. The van der Waals surface area contributed by atoms with E-state index >= 15 is 0 Å². The van der Waals surface area contributed by atoms with Gasteiger partial charge in [-0.15, -0.1) is 0 Å². The SMILES string of the molecule is CC1CCCN(c2ccc(-n3c(N)c4c(cc3=O)C(=O)NC4=O)cc2Cl)C1. The van der Waals surface area contributed by atoms with Gasteiger partial charge in [-0.25, -0.2) is 0 Å². The molecule has 0 saturated carbocycles. The maximum atomic E-state index is 12.5. The second-order valence-corrected chi connectivity index (χ2v) is 7.51. The van der Waals surface area contributed by atoms with Gasteiger partial charge < -0.3 is 10.6 Å². The molecule has 1 fully saturated rings. The first kappa shape index (κ1) is 17.6. The van der Waals surface area contributed by atoms with Crippen LogP contribution < -0.4 is 21.5 Å². The molecule has 0 spiro atoms. The monoisotopic (exact) mass is 386 g/mol. The highest BCUT2D eigenvalue weighted by molar-refractivity contribution is 6.33. The maximum Gasteiger partial charge on any atom is 0.262 e. The summed E-state index contributed by atoms with van der Waals surface area (Å²) in [5.41, 5.74) is 6.95. The standard InChI is InChI=1S/C19H19ClN4O3/c1-10-3-2-6-23(9-10)14-5-4-11(7-13(14)20)24-15(25)8-12-16(17(24)21)19(27)22-18(12)26/h4-5,7-8,10H,2-3,6,9,21H2,1H3,(H,22,26,27). The number of benzene rings is 1. The minimum absolute atomic E-state index is 0.00349. The average molecular weight is 387 g/mol. The lowest BCUT2D eigenvalue weighted by atomic mass is 10.00. The molecule has 0 radical (unpaired) electrons. The highest BCUT2D eigenvalue weighted by Gasteiger charge is 2.32. The Kier molecular flexibility index (Phi) is 4.19. The molecule has 1 aromatic carbocycles. The lowest BCUT2D eigenvalue weighted by molar-refractivity contribution is 0.0880. The summed E-state index contributed by atoms with van der Waals surface area (Å²) in [5.74, 6) is -0.693. The second-order valence-electron chi connectivity index (χ2n) is 7.10. The molecule has 27 heavy (non-hydrogen) atoms. The van der Waals surface area contributed by atoms with Crippen molar-refractivity contribution in [3.63, 3.8) is 0 Å². The number of anilines is 2. The Labute approximate surface area is 160 Å². The minimum Gasteiger partial charge on any atom is -0.384 e. The van der Waals surface area contributed by atoms with Crippen molar-refractivity contribution in [2.75, 3.05) is 23.7 Å². The molecular weight excluding hydrogens is 368 g/mol. The van der Waals surface area contributed by atoms with E-state index < -0.39 is 17.4 Å². The number of nitrogens with one attached hydrogen (secondary N) is 1. The molecule has 1 aromatic heterocycles. The Morgan fingerprint density at radius 3 is 2.67 bits per heavy atom. The molecule has 1 unspecified atom stereocenters. The Morgan fingerprint density at radius 2 is 1.96 bits per heavy atom. The van der Waals surface area contributed by atoms with Gasteiger partial charge in [0.15, 0.2) is 0 Å². The number of rotatable bonds is 2. The van der Waals surface area contributed by atoms with E-state index in [4.69, 9.17) is 17.3 Å². The topological polar surface area (TPSA) is 97.4 Å². The third-order valence-electron chi connectivity index (χ3n) is 5.14. The van der Waals surface area contributed by atoms with Crippen LogP contribution in [0.3, 0.4) is 0 Å². The summed E-state index contributed by atoms with van der Waals surface area (Å²) < 4.78 is 1.20. The minimum atomic E-state index is -0.612. The van der Waals surface area contributed by atoms with Gasteiger partial charge in [0.1, 0.15) is 5.82 Å². The van der Waals surface area contributed by atoms with Gasteiger partial charge in [-0.3, -0.25) is 24.3 Å². The van der Waals surface area contributed by atoms with Crippen LogP contribution in [-0.4, -0.2) is 29.5 Å². The highest BCUT2D eigenvalue weighted by atomic mass is 35.5. The van der Waals surface area contributed by atoms with Gasteiger partial charge in [-0.1, -0.05) is 18.5 Å². The summed E-state index contributed by atoms with van der Waals surface area (Å²) in [6.45, 7) is 4.08. The number of hydrogen-bond acceptors (Lipinski definition) is 5. The third-order valence-corrected chi connectivity index (χ3v) is 5.44. The first-order valence-corrected chi connectivity index (χ1v) is 9.20. The van der Waals surface area contributed by atoms with Crippen molar-refractivity contribution in [1.82, 2.24) is 9.88 Å². The second kappa shape index (κ2) is 6.42. The largest absolute Gasteiger partial charge is 0.384 e. The number of nitrogen functional groups attached to an aromatic ring is 1. The zero-order valence-corrected chi connectivity index (χ0v) is 15.5. The van der Waals surface area contributed by atoms with Crippen LogP contribution in [0.5, 0.6) is 0 Å². The number of imide groups is 1. The molecule has 0 aliphatic carbocycles. The van der Waals surface area contributed by atoms with Gasteiger partial charge in [-0.05, 0) is 37.0 Å². The van der Waals surface area contributed by atoms with E-state index in [1.807, 2.05) is 6.07 Å². The molecule has 140 valence electrons. The maximum absolute atomic E-state index is 12.5. The summed E-state index contributed by atoms with van der Waals surface area (Å²) >= 11 is 6.50. The van der Waals surface area contributed by atoms with Crippen molar-refractivity contribution < 1.29 is 9.59 Å². The van der Waals surface area contributed by atoms with E-state index in [1.54, 1.807) is 12.1 Å². The van der Waals surface area contributed by atoms with E-state index in [9.17, 15) is 14.4 Å². The van der Waals surface area contributed by atoms with E-state index in [-0.39, 0.29) is 16.9 Å². The van der Waals surface area contributed by atoms with Crippen LogP contribution in [0.4, 0.5) is 11.5 Å². The number of piperidine rings is 1. The molecule has 2 aliphatic heterocycles. The molecule has 4 rings (SSSR count). The molecule has 2 aliphatic rings. The Balaban J connectivity index is 1.78.